The SMILES string of the molecule is CN[C@@H](Cc1ccc(Cn2cc(CN)nn2)cc1)C(C)=O. The molecule has 3 N–H and O–H groups in total. The van der Waals surface area contributed by atoms with Crippen molar-refractivity contribution in [3.05, 3.63) is 47.3 Å². The zero-order valence-corrected chi connectivity index (χ0v) is 12.4. The smallest absolute Gasteiger partial charge is 0.147 e. The van der Waals surface area contributed by atoms with E-state index in [1.165, 1.54) is 0 Å². The molecule has 0 aliphatic rings. The van der Waals surface area contributed by atoms with Crippen molar-refractivity contribution in [1.29, 1.82) is 0 Å². The van der Waals surface area contributed by atoms with Crippen LogP contribution in [0.5, 0.6) is 0 Å². The quantitative estimate of drug-likeness (QED) is 0.774. The van der Waals surface area contributed by atoms with Crippen LogP contribution >= 0.6 is 0 Å². The van der Waals surface area contributed by atoms with Gasteiger partial charge in [-0.25, -0.2) is 4.68 Å². The van der Waals surface area contributed by atoms with E-state index in [1.807, 2.05) is 30.5 Å². The highest BCUT2D eigenvalue weighted by Crippen LogP contribution is 2.09. The molecule has 112 valence electrons. The molecule has 0 radical (unpaired) electrons. The molecule has 1 heterocycles. The van der Waals surface area contributed by atoms with Gasteiger partial charge in [0.1, 0.15) is 5.78 Å². The van der Waals surface area contributed by atoms with E-state index in [4.69, 9.17) is 5.73 Å². The first kappa shape index (κ1) is 15.3. The van der Waals surface area contributed by atoms with Crippen molar-refractivity contribution in [2.45, 2.75) is 32.5 Å². The van der Waals surface area contributed by atoms with Crippen molar-refractivity contribution in [2.24, 2.45) is 5.73 Å². The molecule has 2 aromatic rings. The summed E-state index contributed by atoms with van der Waals surface area (Å²) in [5.41, 5.74) is 8.56. The fraction of sp³-hybridized carbons (Fsp3) is 0.400. The first-order valence-corrected chi connectivity index (χ1v) is 6.97. The molecule has 1 aromatic heterocycles. The second kappa shape index (κ2) is 7.10. The molecule has 0 saturated carbocycles. The predicted octanol–water partition coefficient (Wildman–Crippen LogP) is 0.505. The van der Waals surface area contributed by atoms with Crippen LogP contribution in [0.4, 0.5) is 0 Å². The van der Waals surface area contributed by atoms with Gasteiger partial charge in [-0.2, -0.15) is 0 Å². The molecule has 2 rings (SSSR count). The Morgan fingerprint density at radius 2 is 2.00 bits per heavy atom. The van der Waals surface area contributed by atoms with Gasteiger partial charge in [0.2, 0.25) is 0 Å². The van der Waals surface area contributed by atoms with Crippen LogP contribution in [0.15, 0.2) is 30.5 Å². The minimum absolute atomic E-state index is 0.127. The average molecular weight is 287 g/mol. The van der Waals surface area contributed by atoms with Crippen molar-refractivity contribution in [3.8, 4) is 0 Å². The Kier molecular flexibility index (Phi) is 5.19. The van der Waals surface area contributed by atoms with Gasteiger partial charge in [-0.05, 0) is 31.5 Å². The zero-order chi connectivity index (χ0) is 15.2. The molecule has 21 heavy (non-hydrogen) atoms. The summed E-state index contributed by atoms with van der Waals surface area (Å²) in [6.45, 7) is 2.67. The van der Waals surface area contributed by atoms with Crippen molar-refractivity contribution >= 4 is 5.78 Å². The van der Waals surface area contributed by atoms with Crippen LogP contribution in [0.3, 0.4) is 0 Å². The Labute approximate surface area is 124 Å². The third kappa shape index (κ3) is 4.21. The summed E-state index contributed by atoms with van der Waals surface area (Å²) < 4.78 is 1.77. The number of likely N-dealkylation sites (N-methyl/N-ethyl adjacent to an activating group) is 1. The van der Waals surface area contributed by atoms with Gasteiger partial charge in [0.25, 0.3) is 0 Å². The zero-order valence-electron chi connectivity index (χ0n) is 12.4. The summed E-state index contributed by atoms with van der Waals surface area (Å²) in [5, 5.41) is 11.0. The topological polar surface area (TPSA) is 85.8 Å². The molecule has 0 aliphatic heterocycles. The molecule has 0 fully saturated rings. The molecule has 0 aliphatic carbocycles. The van der Waals surface area contributed by atoms with Crippen molar-refractivity contribution < 1.29 is 4.79 Å². The van der Waals surface area contributed by atoms with Crippen LogP contribution < -0.4 is 11.1 Å². The van der Waals surface area contributed by atoms with E-state index in [2.05, 4.69) is 15.6 Å². The lowest BCUT2D eigenvalue weighted by Gasteiger charge is -2.12. The predicted molar refractivity (Wildman–Crippen MR) is 80.7 cm³/mol. The van der Waals surface area contributed by atoms with Gasteiger partial charge in [0.15, 0.2) is 0 Å². The minimum atomic E-state index is -0.127. The first-order valence-electron chi connectivity index (χ1n) is 6.97. The van der Waals surface area contributed by atoms with E-state index in [-0.39, 0.29) is 11.8 Å². The van der Waals surface area contributed by atoms with Crippen molar-refractivity contribution in [1.82, 2.24) is 20.3 Å². The Bertz CT molecular complexity index is 590. The van der Waals surface area contributed by atoms with Crippen LogP contribution in [0, 0.1) is 0 Å². The van der Waals surface area contributed by atoms with E-state index in [9.17, 15) is 4.79 Å². The molecular formula is C15H21N5O. The van der Waals surface area contributed by atoms with E-state index in [0.29, 0.717) is 19.5 Å². The number of carbonyl (C=O) groups is 1. The summed E-state index contributed by atoms with van der Waals surface area (Å²) in [5.74, 6) is 0.151. The van der Waals surface area contributed by atoms with Crippen LogP contribution in [0.25, 0.3) is 0 Å². The summed E-state index contributed by atoms with van der Waals surface area (Å²) in [6, 6.07) is 8.06. The number of aromatic nitrogens is 3. The van der Waals surface area contributed by atoms with E-state index in [1.54, 1.807) is 18.7 Å². The average Bonchev–Trinajstić information content (AvgIpc) is 2.93. The van der Waals surface area contributed by atoms with Crippen LogP contribution in [-0.2, 0) is 24.3 Å². The van der Waals surface area contributed by atoms with Gasteiger partial charge < -0.3 is 11.1 Å². The second-order valence-electron chi connectivity index (χ2n) is 5.08. The maximum Gasteiger partial charge on any atom is 0.147 e. The summed E-state index contributed by atoms with van der Waals surface area (Å²) in [4.78, 5) is 11.4. The third-order valence-electron chi connectivity index (χ3n) is 3.44. The fourth-order valence-electron chi connectivity index (χ4n) is 2.16. The molecule has 6 heteroatoms. The maximum atomic E-state index is 11.4. The minimum Gasteiger partial charge on any atom is -0.325 e. The number of Topliss-reactive ketones (excluding diaryl/α,β-unsaturated/α-hetero) is 1. The molecule has 0 unspecified atom stereocenters. The van der Waals surface area contributed by atoms with Gasteiger partial charge in [-0.3, -0.25) is 4.79 Å². The molecule has 0 saturated heterocycles. The highest BCUT2D eigenvalue weighted by atomic mass is 16.1. The number of rotatable bonds is 7. The largest absolute Gasteiger partial charge is 0.325 e. The monoisotopic (exact) mass is 287 g/mol. The second-order valence-corrected chi connectivity index (χ2v) is 5.08. The standard InChI is InChI=1S/C15H21N5O/c1-11(21)15(17-2)7-12-3-5-13(6-4-12)9-20-10-14(8-16)18-19-20/h3-6,10,15,17H,7-9,16H2,1-2H3/t15-/m0/s1. The first-order chi connectivity index (χ1) is 10.1. The number of nitrogens with two attached hydrogens (primary N) is 1. The van der Waals surface area contributed by atoms with E-state index < -0.39 is 0 Å². The lowest BCUT2D eigenvalue weighted by molar-refractivity contribution is -0.118. The molecule has 0 bridgehead atoms. The Morgan fingerprint density at radius 3 is 2.52 bits per heavy atom. The Morgan fingerprint density at radius 1 is 1.33 bits per heavy atom. The number of hydrogen-bond acceptors (Lipinski definition) is 5. The normalized spacial score (nSPS) is 12.3. The van der Waals surface area contributed by atoms with E-state index >= 15 is 0 Å². The summed E-state index contributed by atoms with van der Waals surface area (Å²) >= 11 is 0. The van der Waals surface area contributed by atoms with Gasteiger partial charge in [0.05, 0.1) is 24.5 Å². The summed E-state index contributed by atoms with van der Waals surface area (Å²) in [6.07, 6.45) is 2.55. The molecular weight excluding hydrogens is 266 g/mol. The van der Waals surface area contributed by atoms with Crippen molar-refractivity contribution in [3.63, 3.8) is 0 Å². The van der Waals surface area contributed by atoms with Gasteiger partial charge in [-0.15, -0.1) is 5.10 Å². The number of ketones is 1. The van der Waals surface area contributed by atoms with Gasteiger partial charge in [-0.1, -0.05) is 29.5 Å². The number of hydrogen-bond donors (Lipinski definition) is 2. The Hall–Kier alpha value is -2.05. The van der Waals surface area contributed by atoms with Gasteiger partial charge in [0, 0.05) is 6.54 Å². The lowest BCUT2D eigenvalue weighted by Crippen LogP contribution is -2.34. The van der Waals surface area contributed by atoms with Crippen molar-refractivity contribution in [2.75, 3.05) is 7.05 Å². The van der Waals surface area contributed by atoms with Crippen LogP contribution in [-0.4, -0.2) is 33.9 Å². The number of benzene rings is 1. The molecule has 0 spiro atoms. The highest BCUT2D eigenvalue weighted by molar-refractivity contribution is 5.81. The maximum absolute atomic E-state index is 11.4. The van der Waals surface area contributed by atoms with Crippen LogP contribution in [0.1, 0.15) is 23.7 Å². The Balaban J connectivity index is 1.99. The number of carbonyl (C=O) groups excluding carboxylic acids is 1. The number of nitrogens with zero attached hydrogens (tertiary/aromatic N) is 3. The molecule has 1 atom stereocenters. The van der Waals surface area contributed by atoms with Crippen LogP contribution in [0.2, 0.25) is 0 Å². The third-order valence-corrected chi connectivity index (χ3v) is 3.44. The fourth-order valence-corrected chi connectivity index (χ4v) is 2.16. The highest BCUT2D eigenvalue weighted by Gasteiger charge is 2.11. The molecule has 1 aromatic carbocycles. The molecule has 0 amide bonds. The lowest BCUT2D eigenvalue weighted by atomic mass is 10.0. The van der Waals surface area contributed by atoms with Gasteiger partial charge >= 0.3 is 0 Å². The number of nitrogens with one attached hydrogen (secondary N) is 1. The molecule has 6 nitrogen and oxygen atoms in total. The van der Waals surface area contributed by atoms with E-state index in [0.717, 1.165) is 16.8 Å². The summed E-state index contributed by atoms with van der Waals surface area (Å²) in [7, 11) is 1.81.